The van der Waals surface area contributed by atoms with Gasteiger partial charge in [0.1, 0.15) is 6.04 Å². The maximum Gasteiger partial charge on any atom is 0.239 e. The van der Waals surface area contributed by atoms with E-state index in [1.54, 1.807) is 23.0 Å². The predicted molar refractivity (Wildman–Crippen MR) is 189 cm³/mol. The maximum atomic E-state index is 10.8. The summed E-state index contributed by atoms with van der Waals surface area (Å²) < 4.78 is 5.28. The van der Waals surface area contributed by atoms with Gasteiger partial charge in [0.25, 0.3) is 0 Å². The molecule has 1 atom stereocenters. The number of aliphatic hydroxyl groups is 1. The molecule has 0 saturated carbocycles. The summed E-state index contributed by atoms with van der Waals surface area (Å²) in [7, 11) is 0. The molecule has 7 N–H and O–H groups in total. The van der Waals surface area contributed by atoms with E-state index in [9.17, 15) is 14.4 Å². The zero-order chi connectivity index (χ0) is 34.1. The molecular weight excluding hydrogens is 731 g/mol. The van der Waals surface area contributed by atoms with E-state index < -0.39 is 11.9 Å². The fourth-order valence-electron chi connectivity index (χ4n) is 2.64. The van der Waals surface area contributed by atoms with Gasteiger partial charge in [-0.3, -0.25) is 14.4 Å². The minimum absolute atomic E-state index is 0.299. The van der Waals surface area contributed by atoms with Crippen molar-refractivity contribution in [1.29, 1.82) is 0 Å². The first kappa shape index (κ1) is 48.6. The van der Waals surface area contributed by atoms with Crippen molar-refractivity contribution in [1.82, 2.24) is 10.8 Å². The van der Waals surface area contributed by atoms with Crippen LogP contribution in [0.5, 0.6) is 0 Å². The average molecular weight is 792 g/mol. The number of primary amides is 2. The van der Waals surface area contributed by atoms with Gasteiger partial charge in [-0.05, 0) is 61.1 Å². The van der Waals surface area contributed by atoms with E-state index >= 15 is 0 Å². The fourth-order valence-corrected chi connectivity index (χ4v) is 3.03. The molecule has 0 spiro atoms. The van der Waals surface area contributed by atoms with Gasteiger partial charge in [-0.25, -0.2) is 0 Å². The highest BCUT2D eigenvalue weighted by Gasteiger charge is 2.12. The van der Waals surface area contributed by atoms with Crippen molar-refractivity contribution in [2.45, 2.75) is 113 Å². The zero-order valence-corrected chi connectivity index (χ0v) is 31.4. The molecule has 12 heteroatoms. The first-order valence-electron chi connectivity index (χ1n) is 15.0. The number of aliphatic hydroxyl groups excluding tert-OH is 1. The average Bonchev–Trinajstić information content (AvgIpc) is 2.92. The number of carbonyl (C=O) groups excluding carboxylic acids is 3. The summed E-state index contributed by atoms with van der Waals surface area (Å²) in [5.74, 6) is 1.61. The van der Waals surface area contributed by atoms with E-state index in [4.69, 9.17) is 16.6 Å². The number of nitrogens with two attached hydrogens (primary N) is 2. The predicted octanol–water partition coefficient (Wildman–Crippen LogP) is 6.56. The molecule has 10 nitrogen and oxygen atoms in total. The lowest BCUT2D eigenvalue weighted by atomic mass is 10.1. The van der Waals surface area contributed by atoms with Crippen LogP contribution in [0.2, 0.25) is 0 Å². The summed E-state index contributed by atoms with van der Waals surface area (Å²) in [6.07, 6.45) is 7.77. The monoisotopic (exact) mass is 790 g/mol. The number of rotatable bonds is 17. The maximum absolute atomic E-state index is 10.8. The lowest BCUT2D eigenvalue weighted by Crippen LogP contribution is -2.40. The van der Waals surface area contributed by atoms with Crippen molar-refractivity contribution in [3.8, 4) is 0 Å². The van der Waals surface area contributed by atoms with Crippen LogP contribution in [0, 0.1) is 17.8 Å². The molecule has 0 saturated heterocycles. The van der Waals surface area contributed by atoms with Gasteiger partial charge in [-0.15, -0.1) is 8.21 Å². The summed E-state index contributed by atoms with van der Waals surface area (Å²) in [5.41, 5.74) is 13.6. The summed E-state index contributed by atoms with van der Waals surface area (Å²) in [6, 6.07) is 6.92. The molecule has 0 heterocycles. The molecule has 0 bridgehead atoms. The molecule has 1 unspecified atom stereocenters. The van der Waals surface area contributed by atoms with Crippen LogP contribution >= 0.6 is 38.9 Å². The fraction of sp³-hybridized carbons (Fsp3) is 0.710. The van der Waals surface area contributed by atoms with Crippen LogP contribution in [0.4, 0.5) is 0 Å². The molecule has 0 aliphatic rings. The Morgan fingerprint density at radius 2 is 1.49 bits per heavy atom. The molecule has 3 amide bonds. The number of halogens is 2. The van der Waals surface area contributed by atoms with Gasteiger partial charge in [0.15, 0.2) is 23.0 Å². The second kappa shape index (κ2) is 36.9. The molecule has 1 rings (SSSR count). The highest BCUT2D eigenvalue weighted by molar-refractivity contribution is 14.1. The first-order valence-corrected chi connectivity index (χ1v) is 16.7. The number of nitrogens with one attached hydrogen (secondary N) is 2. The Bertz CT molecular complexity index is 746. The minimum atomic E-state index is -0.593. The van der Waals surface area contributed by atoms with E-state index in [0.717, 1.165) is 41.1 Å². The Labute approximate surface area is 283 Å². The molecule has 1 aromatic rings. The van der Waals surface area contributed by atoms with Crippen molar-refractivity contribution in [2.24, 2.45) is 29.2 Å². The molecule has 254 valence electrons. The van der Waals surface area contributed by atoms with Crippen molar-refractivity contribution in [3.05, 3.63) is 34.3 Å². The third-order valence-electron chi connectivity index (χ3n) is 5.41. The molecular formula is C31H60BrIN4O6. The van der Waals surface area contributed by atoms with Crippen LogP contribution in [0.3, 0.4) is 0 Å². The summed E-state index contributed by atoms with van der Waals surface area (Å²) in [6.45, 7) is 18.5. The number of hydroxylamine groups is 1. The summed E-state index contributed by atoms with van der Waals surface area (Å²) >= 11 is 4.88. The normalized spacial score (nSPS) is 10.6. The highest BCUT2D eigenvalue weighted by Crippen LogP contribution is 2.10. The lowest BCUT2D eigenvalue weighted by Gasteiger charge is -2.11. The zero-order valence-electron chi connectivity index (χ0n) is 27.7. The number of amides is 3. The van der Waals surface area contributed by atoms with Crippen LogP contribution in [0.1, 0.15) is 106 Å². The number of carbonyl (C=O) groups is 3. The van der Waals surface area contributed by atoms with Gasteiger partial charge in [-0.2, -0.15) is 5.48 Å². The van der Waals surface area contributed by atoms with Crippen molar-refractivity contribution < 1.29 is 27.7 Å². The first-order chi connectivity index (χ1) is 20.2. The summed E-state index contributed by atoms with van der Waals surface area (Å²) in [4.78, 5) is 35.8. The third-order valence-corrected chi connectivity index (χ3v) is 6.11. The van der Waals surface area contributed by atoms with Gasteiger partial charge in [0.2, 0.25) is 18.2 Å². The Hall–Kier alpha value is -1.32. The number of benzene rings is 1. The van der Waals surface area contributed by atoms with E-state index in [-0.39, 0.29) is 5.91 Å². The molecule has 0 fully saturated rings. The standard InChI is InChI=1S/C8H8BrNO.C7H14IN3O4.C6H14.C5H12O.C5H12/c9-7-3-1-6(2-4-7)5-8(10)11;8-14-15-11-4-2-1-3-6(7(9)13)10-5-12;1-4-5-6(2)3;1-5(2)3-4-6;1-4-5(2)3/h1-4H,5H2,(H2,10,11);5-6,11H,1-4H2,(H2,9,13)(H,10,12);6H,4-5H2,1-3H3;5-6H,3-4H2,1-2H3;5H,4H2,1-3H3. The Morgan fingerprint density at radius 3 is 1.79 bits per heavy atom. The van der Waals surface area contributed by atoms with Crippen molar-refractivity contribution >= 4 is 57.2 Å². The molecule has 0 radical (unpaired) electrons. The minimum Gasteiger partial charge on any atom is -0.396 e. The number of hydrogen-bond acceptors (Lipinski definition) is 7. The smallest absolute Gasteiger partial charge is 0.239 e. The van der Waals surface area contributed by atoms with E-state index in [1.165, 1.54) is 19.3 Å². The second-order valence-corrected chi connectivity index (χ2v) is 12.2. The Morgan fingerprint density at radius 1 is 0.953 bits per heavy atom. The van der Waals surface area contributed by atoms with Crippen molar-refractivity contribution in [3.63, 3.8) is 0 Å². The molecule has 1 aromatic carbocycles. The van der Waals surface area contributed by atoms with Gasteiger partial charge in [0, 0.05) is 17.6 Å². The second-order valence-electron chi connectivity index (χ2n) is 10.9. The van der Waals surface area contributed by atoms with Crippen LogP contribution in [-0.4, -0.2) is 42.5 Å². The highest BCUT2D eigenvalue weighted by atomic mass is 127. The van der Waals surface area contributed by atoms with Gasteiger partial charge in [0.05, 0.1) is 6.42 Å². The Balaban J connectivity index is -0.000000238. The largest absolute Gasteiger partial charge is 0.396 e. The van der Waals surface area contributed by atoms with E-state index in [0.29, 0.717) is 38.3 Å². The number of hydrogen-bond donors (Lipinski definition) is 5. The van der Waals surface area contributed by atoms with Crippen molar-refractivity contribution in [2.75, 3.05) is 13.2 Å². The molecule has 0 aromatic heterocycles. The quantitative estimate of drug-likeness (QED) is 0.0392. The van der Waals surface area contributed by atoms with Crippen LogP contribution in [-0.2, 0) is 29.0 Å². The molecule has 43 heavy (non-hydrogen) atoms. The van der Waals surface area contributed by atoms with Crippen LogP contribution in [0.25, 0.3) is 0 Å². The van der Waals surface area contributed by atoms with E-state index in [1.807, 2.05) is 24.3 Å². The topological polar surface area (TPSA) is 166 Å². The van der Waals surface area contributed by atoms with E-state index in [2.05, 4.69) is 90.3 Å². The van der Waals surface area contributed by atoms with Gasteiger partial charge >= 0.3 is 0 Å². The molecule has 0 aliphatic carbocycles. The number of unbranched alkanes of at least 4 members (excludes halogenated alkanes) is 1. The molecule has 0 aliphatic heterocycles. The van der Waals surface area contributed by atoms with Crippen LogP contribution in [0.15, 0.2) is 28.7 Å². The van der Waals surface area contributed by atoms with Gasteiger partial charge in [-0.1, -0.05) is 103 Å². The lowest BCUT2D eigenvalue weighted by molar-refractivity contribution is -0.222. The van der Waals surface area contributed by atoms with Crippen LogP contribution < -0.4 is 22.3 Å². The van der Waals surface area contributed by atoms with Gasteiger partial charge < -0.3 is 21.9 Å². The summed E-state index contributed by atoms with van der Waals surface area (Å²) in [5, 5.41) is 10.6. The Kier molecular flexibility index (Phi) is 41.7. The SMILES string of the molecule is CC(C)CCO.CCC(C)C.CCCC(C)C.NC(=O)C(CCCCNOOI)NC=O.NC(=O)Cc1ccc(Br)cc1. The third kappa shape index (κ3) is 47.8.